The highest BCUT2D eigenvalue weighted by atomic mass is 19.1. The Labute approximate surface area is 232 Å². The molecule has 208 valence electrons. The molecule has 2 aliphatic rings. The van der Waals surface area contributed by atoms with Crippen molar-refractivity contribution >= 4 is 33.4 Å². The number of benzene rings is 3. The van der Waals surface area contributed by atoms with E-state index in [1.54, 1.807) is 18.2 Å². The first-order valence-corrected chi connectivity index (χ1v) is 13.8. The van der Waals surface area contributed by atoms with Crippen LogP contribution in [0.5, 0.6) is 11.8 Å². The van der Waals surface area contributed by atoms with Crippen molar-refractivity contribution in [2.45, 2.75) is 45.7 Å². The molecule has 1 aromatic heterocycles. The Hall–Kier alpha value is -3.98. The number of carbonyl (C=O) groups excluding carboxylic acids is 1. The van der Waals surface area contributed by atoms with Gasteiger partial charge in [0.05, 0.1) is 6.61 Å². The topological polar surface area (TPSA) is 99.6 Å². The van der Waals surface area contributed by atoms with E-state index in [4.69, 9.17) is 9.72 Å². The first-order chi connectivity index (χ1) is 19.2. The van der Waals surface area contributed by atoms with Crippen LogP contribution >= 0.6 is 0 Å². The van der Waals surface area contributed by atoms with E-state index in [-0.39, 0.29) is 35.2 Å². The van der Waals surface area contributed by atoms with Crippen molar-refractivity contribution in [2.75, 3.05) is 31.1 Å². The fourth-order valence-electron chi connectivity index (χ4n) is 5.80. The van der Waals surface area contributed by atoms with Crippen molar-refractivity contribution < 1.29 is 19.0 Å². The molecule has 8 nitrogen and oxygen atoms in total. The van der Waals surface area contributed by atoms with Crippen LogP contribution in [0, 0.1) is 11.2 Å². The molecule has 1 amide bonds. The molecule has 4 aromatic rings. The second-order valence-corrected chi connectivity index (χ2v) is 11.8. The van der Waals surface area contributed by atoms with Gasteiger partial charge in [-0.25, -0.2) is 4.39 Å². The zero-order valence-electron chi connectivity index (χ0n) is 23.0. The zero-order chi connectivity index (χ0) is 28.0. The van der Waals surface area contributed by atoms with Crippen molar-refractivity contribution in [3.8, 4) is 22.9 Å². The molecule has 0 aliphatic carbocycles. The van der Waals surface area contributed by atoms with Gasteiger partial charge in [0.25, 0.3) is 0 Å². The lowest BCUT2D eigenvalue weighted by Gasteiger charge is -2.34. The molecule has 2 aliphatic heterocycles. The summed E-state index contributed by atoms with van der Waals surface area (Å²) in [5.41, 5.74) is 0.727. The molecule has 3 N–H and O–H groups in total. The van der Waals surface area contributed by atoms with Crippen LogP contribution in [-0.2, 0) is 4.79 Å². The van der Waals surface area contributed by atoms with Gasteiger partial charge in [0, 0.05) is 55.0 Å². The molecular formula is C31H34FN5O3. The highest BCUT2D eigenvalue weighted by Gasteiger charge is 2.34. The predicted molar refractivity (Wildman–Crippen MR) is 154 cm³/mol. The minimum atomic E-state index is -0.489. The van der Waals surface area contributed by atoms with E-state index in [0.29, 0.717) is 41.0 Å². The first kappa shape index (κ1) is 26.3. The van der Waals surface area contributed by atoms with Crippen molar-refractivity contribution in [1.29, 1.82) is 0 Å². The molecular weight excluding hydrogens is 509 g/mol. The predicted octanol–water partition coefficient (Wildman–Crippen LogP) is 4.78. The highest BCUT2D eigenvalue weighted by Crippen LogP contribution is 2.39. The van der Waals surface area contributed by atoms with E-state index in [0.717, 1.165) is 36.7 Å². The van der Waals surface area contributed by atoms with E-state index in [1.165, 1.54) is 6.92 Å². The number of aromatic nitrogens is 2. The second-order valence-electron chi connectivity index (χ2n) is 11.8. The highest BCUT2D eigenvalue weighted by molar-refractivity contribution is 6.01. The van der Waals surface area contributed by atoms with E-state index in [2.05, 4.69) is 20.5 Å². The summed E-state index contributed by atoms with van der Waals surface area (Å²) in [6.07, 6.45) is 2.21. The number of rotatable bonds is 7. The number of carbonyl (C=O) groups is 1. The number of nitrogens with one attached hydrogen (secondary N) is 2. The average Bonchev–Trinajstić information content (AvgIpc) is 3.27. The summed E-state index contributed by atoms with van der Waals surface area (Å²) >= 11 is 0. The summed E-state index contributed by atoms with van der Waals surface area (Å²) in [5, 5.41) is 19.2. The molecule has 3 heterocycles. The largest absolute Gasteiger partial charge is 0.508 e. The van der Waals surface area contributed by atoms with E-state index in [1.807, 2.05) is 44.2 Å². The van der Waals surface area contributed by atoms with Crippen LogP contribution in [0.3, 0.4) is 0 Å². The normalized spacial score (nSPS) is 18.9. The smallest absolute Gasteiger partial charge is 0.319 e. The lowest BCUT2D eigenvalue weighted by molar-refractivity contribution is -0.119. The number of amides is 1. The zero-order valence-corrected chi connectivity index (χ0v) is 23.0. The third-order valence-corrected chi connectivity index (χ3v) is 7.83. The second kappa shape index (κ2) is 10.2. The molecule has 0 spiro atoms. The Balaban J connectivity index is 1.45. The van der Waals surface area contributed by atoms with Gasteiger partial charge in [0.2, 0.25) is 5.91 Å². The molecule has 2 atom stereocenters. The standard InChI is InChI=1S/C31H34FN5O3/c1-18(38)33-16-31(2,3)17-40-30-35-28-25(29(36-30)37-14-20-8-9-21(15-37)34-20)11-10-24(27(28)32)26-13-22(39)12-19-6-4-5-7-23(19)26/h4-7,10-13,20-21,34,39H,8-9,14-17H2,1-3H3,(H,33,38)/t20-,21+. The van der Waals surface area contributed by atoms with Gasteiger partial charge in [-0.3, -0.25) is 4.79 Å². The van der Waals surface area contributed by atoms with Gasteiger partial charge in [0.15, 0.2) is 5.82 Å². The van der Waals surface area contributed by atoms with Crippen LogP contribution in [-0.4, -0.2) is 59.3 Å². The Morgan fingerprint density at radius 3 is 2.60 bits per heavy atom. The van der Waals surface area contributed by atoms with Crippen molar-refractivity contribution in [2.24, 2.45) is 5.41 Å². The van der Waals surface area contributed by atoms with Crippen molar-refractivity contribution in [3.63, 3.8) is 0 Å². The van der Waals surface area contributed by atoms with E-state index in [9.17, 15) is 9.90 Å². The minimum Gasteiger partial charge on any atom is -0.508 e. The fourth-order valence-corrected chi connectivity index (χ4v) is 5.80. The van der Waals surface area contributed by atoms with E-state index < -0.39 is 5.82 Å². The third-order valence-electron chi connectivity index (χ3n) is 7.83. The summed E-state index contributed by atoms with van der Waals surface area (Å²) in [4.78, 5) is 23.0. The number of phenols is 1. The van der Waals surface area contributed by atoms with Gasteiger partial charge in [-0.15, -0.1) is 0 Å². The maximum Gasteiger partial charge on any atom is 0.319 e. The number of fused-ring (bicyclic) bond motifs is 4. The summed E-state index contributed by atoms with van der Waals surface area (Å²) in [7, 11) is 0. The number of hydrogen-bond donors (Lipinski definition) is 3. The molecule has 2 bridgehead atoms. The quantitative estimate of drug-likeness (QED) is 0.309. The van der Waals surface area contributed by atoms with Gasteiger partial charge in [-0.05, 0) is 47.4 Å². The monoisotopic (exact) mass is 543 g/mol. The van der Waals surface area contributed by atoms with Crippen LogP contribution in [0.1, 0.15) is 33.6 Å². The molecule has 6 rings (SSSR count). The van der Waals surface area contributed by atoms with Crippen molar-refractivity contribution in [3.05, 3.63) is 54.3 Å². The number of phenolic OH excluding ortho intramolecular Hbond substituents is 1. The number of nitrogens with zero attached hydrogens (tertiary/aromatic N) is 3. The Morgan fingerprint density at radius 1 is 1.10 bits per heavy atom. The van der Waals surface area contributed by atoms with Gasteiger partial charge < -0.3 is 25.4 Å². The molecule has 40 heavy (non-hydrogen) atoms. The third kappa shape index (κ3) is 5.13. The Bertz CT molecular complexity index is 1600. The first-order valence-electron chi connectivity index (χ1n) is 13.8. The molecule has 3 aromatic carbocycles. The van der Waals surface area contributed by atoms with Crippen LogP contribution in [0.4, 0.5) is 10.2 Å². The van der Waals surface area contributed by atoms with Gasteiger partial charge in [-0.2, -0.15) is 9.97 Å². The maximum atomic E-state index is 16.5. The molecule has 0 radical (unpaired) electrons. The van der Waals surface area contributed by atoms with Gasteiger partial charge in [-0.1, -0.05) is 44.2 Å². The van der Waals surface area contributed by atoms with Crippen LogP contribution < -0.4 is 20.3 Å². The van der Waals surface area contributed by atoms with Crippen LogP contribution in [0.15, 0.2) is 48.5 Å². The molecule has 0 saturated carbocycles. The maximum absolute atomic E-state index is 16.5. The number of anilines is 1. The Morgan fingerprint density at radius 2 is 1.85 bits per heavy atom. The number of hydrogen-bond acceptors (Lipinski definition) is 7. The molecule has 0 unspecified atom stereocenters. The number of aromatic hydroxyl groups is 1. The summed E-state index contributed by atoms with van der Waals surface area (Å²) < 4.78 is 22.6. The SMILES string of the molecule is CC(=O)NCC(C)(C)COc1nc(N2C[C@H]3CC[C@@H](C2)N3)c2ccc(-c3cc(O)cc4ccccc34)c(F)c2n1. The molecule has 9 heteroatoms. The lowest BCUT2D eigenvalue weighted by atomic mass is 9.95. The fraction of sp³-hybridized carbons (Fsp3) is 0.387. The number of piperazine rings is 1. The molecule has 2 fully saturated rings. The lowest BCUT2D eigenvalue weighted by Crippen LogP contribution is -2.51. The van der Waals surface area contributed by atoms with Gasteiger partial charge in [0.1, 0.15) is 17.1 Å². The number of halogens is 1. The van der Waals surface area contributed by atoms with Gasteiger partial charge >= 0.3 is 6.01 Å². The van der Waals surface area contributed by atoms with Crippen LogP contribution in [0.25, 0.3) is 32.8 Å². The number of ether oxygens (including phenoxy) is 1. The average molecular weight is 544 g/mol. The van der Waals surface area contributed by atoms with Crippen molar-refractivity contribution in [1.82, 2.24) is 20.6 Å². The molecule has 2 saturated heterocycles. The van der Waals surface area contributed by atoms with Crippen LogP contribution in [0.2, 0.25) is 0 Å². The van der Waals surface area contributed by atoms with E-state index >= 15 is 4.39 Å². The summed E-state index contributed by atoms with van der Waals surface area (Å²) in [6.45, 7) is 7.64. The summed E-state index contributed by atoms with van der Waals surface area (Å²) in [6, 6.07) is 15.3. The summed E-state index contributed by atoms with van der Waals surface area (Å²) in [5.74, 6) is 0.125. The Kier molecular flexibility index (Phi) is 6.70. The minimum absolute atomic E-state index is 0.0679.